The van der Waals surface area contributed by atoms with Gasteiger partial charge in [-0.25, -0.2) is 0 Å². The molecule has 0 spiro atoms. The molecule has 2 atom stereocenters. The maximum atomic E-state index is 6.06. The van der Waals surface area contributed by atoms with Crippen LogP contribution >= 0.6 is 35.6 Å². The molecule has 1 heterocycles. The van der Waals surface area contributed by atoms with Crippen LogP contribution in [0.3, 0.4) is 0 Å². The number of rotatable bonds is 4. The van der Waals surface area contributed by atoms with Gasteiger partial charge in [-0.3, -0.25) is 4.99 Å². The van der Waals surface area contributed by atoms with Gasteiger partial charge in [-0.15, -0.1) is 24.0 Å². The fraction of sp³-hybridized carbons (Fsp3) is 0.588. The van der Waals surface area contributed by atoms with E-state index in [0.717, 1.165) is 29.6 Å². The van der Waals surface area contributed by atoms with E-state index in [1.54, 1.807) is 0 Å². The maximum Gasteiger partial charge on any atom is 0.191 e. The summed E-state index contributed by atoms with van der Waals surface area (Å²) in [6.07, 6.45) is 2.58. The van der Waals surface area contributed by atoms with E-state index in [4.69, 9.17) is 11.6 Å². The standard InChI is InChI=1S/C17H27ClN4.HI/c1-13(15-7-4-8-16(18)10-15)21-17(19-2)20-11-14-6-5-9-22(3)12-14;/h4,7-8,10,13-14H,5-6,9,11-12H2,1-3H3,(H2,19,20,21);1H. The number of hydrogen-bond acceptors (Lipinski definition) is 2. The summed E-state index contributed by atoms with van der Waals surface area (Å²) in [5.74, 6) is 1.54. The van der Waals surface area contributed by atoms with Gasteiger partial charge in [0.25, 0.3) is 0 Å². The fourth-order valence-corrected chi connectivity index (χ4v) is 3.14. The second-order valence-electron chi connectivity index (χ2n) is 6.14. The van der Waals surface area contributed by atoms with Crippen LogP contribution in [0.1, 0.15) is 31.4 Å². The first-order valence-corrected chi connectivity index (χ1v) is 8.37. The predicted molar refractivity (Wildman–Crippen MR) is 110 cm³/mol. The van der Waals surface area contributed by atoms with E-state index in [-0.39, 0.29) is 30.0 Å². The van der Waals surface area contributed by atoms with Crippen LogP contribution in [0.4, 0.5) is 0 Å². The summed E-state index contributed by atoms with van der Waals surface area (Å²) < 4.78 is 0. The van der Waals surface area contributed by atoms with Gasteiger partial charge >= 0.3 is 0 Å². The lowest BCUT2D eigenvalue weighted by atomic mass is 9.98. The lowest BCUT2D eigenvalue weighted by Gasteiger charge is -2.30. The van der Waals surface area contributed by atoms with Crippen LogP contribution in [0.15, 0.2) is 29.3 Å². The summed E-state index contributed by atoms with van der Waals surface area (Å²) in [6.45, 7) is 5.46. The lowest BCUT2D eigenvalue weighted by molar-refractivity contribution is 0.210. The van der Waals surface area contributed by atoms with Gasteiger partial charge < -0.3 is 15.5 Å². The molecule has 0 aliphatic carbocycles. The van der Waals surface area contributed by atoms with Crippen LogP contribution in [-0.2, 0) is 0 Å². The first kappa shape index (κ1) is 20.5. The molecule has 0 radical (unpaired) electrons. The highest BCUT2D eigenvalue weighted by atomic mass is 127. The summed E-state index contributed by atoms with van der Waals surface area (Å²) in [4.78, 5) is 6.73. The minimum atomic E-state index is 0. The quantitative estimate of drug-likeness (QED) is 0.419. The van der Waals surface area contributed by atoms with Crippen molar-refractivity contribution in [2.75, 3.05) is 33.7 Å². The van der Waals surface area contributed by atoms with Crippen molar-refractivity contribution in [1.29, 1.82) is 0 Å². The lowest BCUT2D eigenvalue weighted by Crippen LogP contribution is -2.44. The van der Waals surface area contributed by atoms with Gasteiger partial charge in [0, 0.05) is 25.2 Å². The van der Waals surface area contributed by atoms with Crippen LogP contribution in [0.5, 0.6) is 0 Å². The zero-order valence-corrected chi connectivity index (χ0v) is 17.3. The van der Waals surface area contributed by atoms with Crippen LogP contribution in [-0.4, -0.2) is 44.6 Å². The van der Waals surface area contributed by atoms with Gasteiger partial charge in [0.1, 0.15) is 0 Å². The number of guanidine groups is 1. The van der Waals surface area contributed by atoms with Gasteiger partial charge in [-0.05, 0) is 57.0 Å². The van der Waals surface area contributed by atoms with Crippen LogP contribution < -0.4 is 10.6 Å². The minimum Gasteiger partial charge on any atom is -0.356 e. The molecule has 2 unspecified atom stereocenters. The highest BCUT2D eigenvalue weighted by Gasteiger charge is 2.17. The van der Waals surface area contributed by atoms with Crippen molar-refractivity contribution in [1.82, 2.24) is 15.5 Å². The molecular weight excluding hydrogens is 423 g/mol. The Bertz CT molecular complexity index is 509. The molecule has 0 aromatic heterocycles. The molecule has 2 N–H and O–H groups in total. The summed E-state index contributed by atoms with van der Waals surface area (Å²) >= 11 is 6.06. The summed E-state index contributed by atoms with van der Waals surface area (Å²) in [5, 5.41) is 7.65. The van der Waals surface area contributed by atoms with Crippen LogP contribution in [0.25, 0.3) is 0 Å². The molecule has 1 aliphatic rings. The van der Waals surface area contributed by atoms with E-state index in [1.165, 1.54) is 19.4 Å². The number of piperidine rings is 1. The van der Waals surface area contributed by atoms with E-state index >= 15 is 0 Å². The maximum absolute atomic E-state index is 6.06. The Morgan fingerprint density at radius 3 is 2.91 bits per heavy atom. The summed E-state index contributed by atoms with van der Waals surface area (Å²) in [7, 11) is 4.01. The molecule has 1 aromatic rings. The van der Waals surface area contributed by atoms with Gasteiger partial charge in [-0.2, -0.15) is 0 Å². The Hall–Kier alpha value is -0.530. The van der Waals surface area contributed by atoms with Gasteiger partial charge in [-0.1, -0.05) is 23.7 Å². The van der Waals surface area contributed by atoms with E-state index in [1.807, 2.05) is 25.2 Å². The number of nitrogens with zero attached hydrogens (tertiary/aromatic N) is 2. The van der Waals surface area contributed by atoms with Crippen molar-refractivity contribution in [2.24, 2.45) is 10.9 Å². The Kier molecular flexibility index (Phi) is 9.24. The van der Waals surface area contributed by atoms with Gasteiger partial charge in [0.05, 0.1) is 6.04 Å². The topological polar surface area (TPSA) is 39.7 Å². The van der Waals surface area contributed by atoms with Crippen LogP contribution in [0, 0.1) is 5.92 Å². The summed E-state index contributed by atoms with van der Waals surface area (Å²) in [6, 6.07) is 8.10. The van der Waals surface area contributed by atoms with Crippen LogP contribution in [0.2, 0.25) is 5.02 Å². The molecule has 0 bridgehead atoms. The molecule has 6 heteroatoms. The molecule has 0 saturated carbocycles. The normalized spacial score (nSPS) is 20.5. The van der Waals surface area contributed by atoms with Gasteiger partial charge in [0.2, 0.25) is 0 Å². The van der Waals surface area contributed by atoms with E-state index in [2.05, 4.69) is 40.6 Å². The van der Waals surface area contributed by atoms with Crippen molar-refractivity contribution in [3.05, 3.63) is 34.9 Å². The Balaban J connectivity index is 0.00000264. The van der Waals surface area contributed by atoms with Gasteiger partial charge in [0.15, 0.2) is 5.96 Å². The highest BCUT2D eigenvalue weighted by molar-refractivity contribution is 14.0. The number of aliphatic imine (C=N–C) groups is 1. The number of halogens is 2. The highest BCUT2D eigenvalue weighted by Crippen LogP contribution is 2.17. The molecule has 2 rings (SSSR count). The van der Waals surface area contributed by atoms with Crippen molar-refractivity contribution in [2.45, 2.75) is 25.8 Å². The van der Waals surface area contributed by atoms with Crippen molar-refractivity contribution in [3.63, 3.8) is 0 Å². The zero-order valence-electron chi connectivity index (χ0n) is 14.2. The second-order valence-corrected chi connectivity index (χ2v) is 6.58. The third kappa shape index (κ3) is 6.85. The SMILES string of the molecule is CN=C(NCC1CCCN(C)C1)NC(C)c1cccc(Cl)c1.I. The van der Waals surface area contributed by atoms with Crippen molar-refractivity contribution >= 4 is 41.5 Å². The summed E-state index contributed by atoms with van der Waals surface area (Å²) in [5.41, 5.74) is 1.16. The average molecular weight is 451 g/mol. The molecule has 4 nitrogen and oxygen atoms in total. The molecule has 0 amide bonds. The van der Waals surface area contributed by atoms with E-state index in [0.29, 0.717) is 5.92 Å². The zero-order chi connectivity index (χ0) is 15.9. The first-order chi connectivity index (χ1) is 10.6. The Labute approximate surface area is 162 Å². The smallest absolute Gasteiger partial charge is 0.191 e. The number of hydrogen-bond donors (Lipinski definition) is 2. The molecular formula is C17H28ClIN4. The molecule has 1 aliphatic heterocycles. The molecule has 23 heavy (non-hydrogen) atoms. The predicted octanol–water partition coefficient (Wildman–Crippen LogP) is 3.53. The number of likely N-dealkylation sites (tertiary alicyclic amines) is 1. The minimum absolute atomic E-state index is 0. The second kappa shape index (κ2) is 10.4. The van der Waals surface area contributed by atoms with E-state index < -0.39 is 0 Å². The Morgan fingerprint density at radius 2 is 2.26 bits per heavy atom. The van der Waals surface area contributed by atoms with Crippen molar-refractivity contribution < 1.29 is 0 Å². The third-order valence-corrected chi connectivity index (χ3v) is 4.44. The number of benzene rings is 1. The molecule has 1 saturated heterocycles. The first-order valence-electron chi connectivity index (χ1n) is 7.99. The Morgan fingerprint density at radius 1 is 1.48 bits per heavy atom. The largest absolute Gasteiger partial charge is 0.356 e. The molecule has 1 fully saturated rings. The van der Waals surface area contributed by atoms with E-state index in [9.17, 15) is 0 Å². The van der Waals surface area contributed by atoms with Crippen molar-refractivity contribution in [3.8, 4) is 0 Å². The molecule has 130 valence electrons. The fourth-order valence-electron chi connectivity index (χ4n) is 2.94. The monoisotopic (exact) mass is 450 g/mol. The average Bonchev–Trinajstić information content (AvgIpc) is 2.51. The third-order valence-electron chi connectivity index (χ3n) is 4.21. The number of nitrogens with one attached hydrogen (secondary N) is 2. The molecule has 1 aromatic carbocycles.